The van der Waals surface area contributed by atoms with Gasteiger partial charge in [-0.25, -0.2) is 9.97 Å². The largest absolute Gasteiger partial charge is 0.455 e. The first-order valence-electron chi connectivity index (χ1n) is 13.7. The second kappa shape index (κ2) is 8.74. The SMILES string of the molecule is Cc1ccc2c(oc3cc(-c4nc(C(C)(C)C)cc(C(C)(C)C)n4)ccc32)c1-c1ccc2ccccc2[n+]1C. The van der Waals surface area contributed by atoms with E-state index in [4.69, 9.17) is 14.4 Å². The van der Waals surface area contributed by atoms with Gasteiger partial charge in [0.05, 0.1) is 17.0 Å². The van der Waals surface area contributed by atoms with Gasteiger partial charge in [-0.3, -0.25) is 0 Å². The van der Waals surface area contributed by atoms with Gasteiger partial charge in [0.2, 0.25) is 11.2 Å². The highest BCUT2D eigenvalue weighted by Crippen LogP contribution is 2.39. The fourth-order valence-corrected chi connectivity index (χ4v) is 5.34. The minimum absolute atomic E-state index is 0.0804. The fourth-order valence-electron chi connectivity index (χ4n) is 5.34. The summed E-state index contributed by atoms with van der Waals surface area (Å²) in [5, 5.41) is 3.43. The summed E-state index contributed by atoms with van der Waals surface area (Å²) in [5.74, 6) is 0.743. The summed E-state index contributed by atoms with van der Waals surface area (Å²) in [6.07, 6.45) is 0. The van der Waals surface area contributed by atoms with Crippen LogP contribution in [0.15, 0.2) is 77.2 Å². The summed E-state index contributed by atoms with van der Waals surface area (Å²) in [6.45, 7) is 15.3. The molecule has 4 heteroatoms. The van der Waals surface area contributed by atoms with E-state index in [2.05, 4.69) is 133 Å². The second-order valence-corrected chi connectivity index (χ2v) is 12.7. The van der Waals surface area contributed by atoms with Crippen molar-refractivity contribution in [3.05, 3.63) is 89.7 Å². The average Bonchev–Trinajstić information content (AvgIpc) is 3.26. The minimum Gasteiger partial charge on any atom is -0.455 e. The molecule has 0 aliphatic carbocycles. The van der Waals surface area contributed by atoms with E-state index in [-0.39, 0.29) is 10.8 Å². The molecule has 3 aromatic carbocycles. The lowest BCUT2D eigenvalue weighted by molar-refractivity contribution is -0.633. The van der Waals surface area contributed by atoms with Gasteiger partial charge in [-0.2, -0.15) is 4.57 Å². The molecule has 6 rings (SSSR count). The molecule has 0 saturated carbocycles. The van der Waals surface area contributed by atoms with Crippen LogP contribution in [0, 0.1) is 6.92 Å². The van der Waals surface area contributed by atoms with E-state index in [1.54, 1.807) is 0 Å². The lowest BCUT2D eigenvalue weighted by atomic mass is 9.86. The molecule has 0 spiro atoms. The number of fused-ring (bicyclic) bond motifs is 4. The Bertz CT molecular complexity index is 1870. The van der Waals surface area contributed by atoms with Crippen LogP contribution in [-0.4, -0.2) is 9.97 Å². The quantitative estimate of drug-likeness (QED) is 0.217. The van der Waals surface area contributed by atoms with Crippen LogP contribution in [0.1, 0.15) is 58.5 Å². The third-order valence-electron chi connectivity index (χ3n) is 7.71. The number of hydrogen-bond donors (Lipinski definition) is 0. The molecule has 39 heavy (non-hydrogen) atoms. The Morgan fingerprint density at radius 1 is 0.718 bits per heavy atom. The number of hydrogen-bond acceptors (Lipinski definition) is 3. The van der Waals surface area contributed by atoms with E-state index in [0.717, 1.165) is 56.0 Å². The number of aryl methyl sites for hydroxylation is 2. The first-order valence-corrected chi connectivity index (χ1v) is 13.7. The second-order valence-electron chi connectivity index (χ2n) is 12.7. The highest BCUT2D eigenvalue weighted by atomic mass is 16.3. The lowest BCUT2D eigenvalue weighted by Gasteiger charge is -2.24. The van der Waals surface area contributed by atoms with Gasteiger partial charge in [-0.15, -0.1) is 0 Å². The molecule has 0 N–H and O–H groups in total. The van der Waals surface area contributed by atoms with Gasteiger partial charge >= 0.3 is 0 Å². The van der Waals surface area contributed by atoms with Gasteiger partial charge < -0.3 is 4.42 Å². The number of furan rings is 1. The zero-order valence-corrected chi connectivity index (χ0v) is 24.2. The maximum Gasteiger partial charge on any atom is 0.216 e. The fraction of sp³-hybridized carbons (Fsp3) is 0.286. The van der Waals surface area contributed by atoms with E-state index in [0.29, 0.717) is 0 Å². The van der Waals surface area contributed by atoms with E-state index >= 15 is 0 Å². The maximum absolute atomic E-state index is 6.67. The highest BCUT2D eigenvalue weighted by molar-refractivity contribution is 6.10. The lowest BCUT2D eigenvalue weighted by Crippen LogP contribution is -2.32. The zero-order valence-electron chi connectivity index (χ0n) is 24.2. The van der Waals surface area contributed by atoms with Gasteiger partial charge in [0.1, 0.15) is 18.2 Å². The van der Waals surface area contributed by atoms with E-state index in [1.165, 1.54) is 16.5 Å². The molecule has 0 aliphatic rings. The Hall–Kier alpha value is -4.05. The number of pyridine rings is 1. The number of nitrogens with zero attached hydrogens (tertiary/aromatic N) is 3. The Morgan fingerprint density at radius 2 is 1.38 bits per heavy atom. The topological polar surface area (TPSA) is 42.8 Å². The van der Waals surface area contributed by atoms with E-state index in [9.17, 15) is 0 Å². The van der Waals surface area contributed by atoms with Crippen LogP contribution in [0.5, 0.6) is 0 Å². The first kappa shape index (κ1) is 25.2. The molecule has 0 amide bonds. The van der Waals surface area contributed by atoms with Crippen molar-refractivity contribution in [2.45, 2.75) is 59.3 Å². The van der Waals surface area contributed by atoms with Crippen LogP contribution in [0.3, 0.4) is 0 Å². The Kier molecular flexibility index (Phi) is 5.65. The van der Waals surface area contributed by atoms with Crippen LogP contribution in [0.2, 0.25) is 0 Å². The van der Waals surface area contributed by atoms with Crippen LogP contribution in [0.4, 0.5) is 0 Å². The third-order valence-corrected chi connectivity index (χ3v) is 7.71. The Balaban J connectivity index is 1.57. The smallest absolute Gasteiger partial charge is 0.216 e. The van der Waals surface area contributed by atoms with Gasteiger partial charge in [0, 0.05) is 44.7 Å². The summed E-state index contributed by atoms with van der Waals surface area (Å²) >= 11 is 0. The van der Waals surface area contributed by atoms with E-state index in [1.807, 2.05) is 0 Å². The summed E-state index contributed by atoms with van der Waals surface area (Å²) in [6, 6.07) is 25.8. The molecular formula is C35H36N3O+. The van der Waals surface area contributed by atoms with Crippen LogP contribution in [0.25, 0.3) is 55.5 Å². The van der Waals surface area contributed by atoms with Gasteiger partial charge in [0.25, 0.3) is 0 Å². The van der Waals surface area contributed by atoms with Crippen molar-refractivity contribution in [3.8, 4) is 22.6 Å². The van der Waals surface area contributed by atoms with Crippen molar-refractivity contribution >= 4 is 32.8 Å². The third kappa shape index (κ3) is 4.28. The molecule has 0 saturated heterocycles. The molecule has 4 nitrogen and oxygen atoms in total. The number of rotatable bonds is 2. The van der Waals surface area contributed by atoms with Gasteiger partial charge in [-0.05, 0) is 42.8 Å². The normalized spacial score (nSPS) is 12.6. The van der Waals surface area contributed by atoms with Gasteiger partial charge in [-0.1, -0.05) is 71.9 Å². The monoisotopic (exact) mass is 514 g/mol. The van der Waals surface area contributed by atoms with Crippen molar-refractivity contribution in [2.24, 2.45) is 7.05 Å². The number of aromatic nitrogens is 3. The van der Waals surface area contributed by atoms with E-state index < -0.39 is 0 Å². The molecule has 0 aliphatic heterocycles. The molecule has 3 aromatic heterocycles. The molecule has 6 aromatic rings. The van der Waals surface area contributed by atoms with Crippen molar-refractivity contribution in [1.82, 2.24) is 9.97 Å². The number of benzene rings is 3. The van der Waals surface area contributed by atoms with Crippen molar-refractivity contribution in [2.75, 3.05) is 0 Å². The van der Waals surface area contributed by atoms with Crippen molar-refractivity contribution in [3.63, 3.8) is 0 Å². The van der Waals surface area contributed by atoms with Crippen LogP contribution < -0.4 is 4.57 Å². The first-order chi connectivity index (χ1) is 18.4. The molecule has 0 bridgehead atoms. The average molecular weight is 515 g/mol. The molecule has 0 fully saturated rings. The summed E-state index contributed by atoms with van der Waals surface area (Å²) in [5.41, 5.74) is 9.28. The molecule has 0 radical (unpaired) electrons. The van der Waals surface area contributed by atoms with Crippen LogP contribution >= 0.6 is 0 Å². The molecule has 0 unspecified atom stereocenters. The standard InChI is InChI=1S/C35H36N3O/c1-21-13-16-25-24-17-14-23(33-36-29(34(2,3)4)20-30(37-33)35(5,6)7)19-28(24)39-32(25)31(21)27-18-15-22-11-9-10-12-26(22)38(27)8/h9-20H,1-8H3/q+1. The molecule has 3 heterocycles. The van der Waals surface area contributed by atoms with Gasteiger partial charge in [0.15, 0.2) is 5.82 Å². The van der Waals surface area contributed by atoms with Crippen molar-refractivity contribution in [1.29, 1.82) is 0 Å². The summed E-state index contributed by atoms with van der Waals surface area (Å²) in [4.78, 5) is 10.0. The predicted molar refractivity (Wildman–Crippen MR) is 161 cm³/mol. The van der Waals surface area contributed by atoms with Crippen LogP contribution in [-0.2, 0) is 17.9 Å². The highest BCUT2D eigenvalue weighted by Gasteiger charge is 2.25. The molecule has 196 valence electrons. The Labute approximate surface area is 230 Å². The minimum atomic E-state index is -0.0804. The predicted octanol–water partition coefficient (Wildman–Crippen LogP) is 8.59. The zero-order chi connectivity index (χ0) is 27.7. The molecule has 0 atom stereocenters. The molecular weight excluding hydrogens is 478 g/mol. The Morgan fingerprint density at radius 3 is 2.08 bits per heavy atom. The number of para-hydroxylation sites is 1. The van der Waals surface area contributed by atoms with Crippen molar-refractivity contribution < 1.29 is 8.98 Å². The summed E-state index contributed by atoms with van der Waals surface area (Å²) < 4.78 is 8.93. The summed E-state index contributed by atoms with van der Waals surface area (Å²) in [7, 11) is 2.13. The maximum atomic E-state index is 6.67.